The van der Waals surface area contributed by atoms with Gasteiger partial charge in [-0.15, -0.1) is 0 Å². The smallest absolute Gasteiger partial charge is 0.295 e. The van der Waals surface area contributed by atoms with E-state index in [1.807, 2.05) is 24.3 Å². The summed E-state index contributed by atoms with van der Waals surface area (Å²) < 4.78 is 11.0. The van der Waals surface area contributed by atoms with E-state index >= 15 is 0 Å². The Morgan fingerprint density at radius 2 is 2.11 bits per heavy atom. The van der Waals surface area contributed by atoms with E-state index < -0.39 is 0 Å². The monoisotopic (exact) mass is 261 g/mol. The van der Waals surface area contributed by atoms with Crippen molar-refractivity contribution in [2.24, 2.45) is 0 Å². The Hall–Kier alpha value is -1.59. The van der Waals surface area contributed by atoms with Crippen LogP contribution in [-0.4, -0.2) is 48.8 Å². The van der Waals surface area contributed by atoms with E-state index in [2.05, 4.69) is 22.1 Å². The Morgan fingerprint density at radius 1 is 1.32 bits per heavy atom. The van der Waals surface area contributed by atoms with Crippen molar-refractivity contribution in [2.75, 3.05) is 38.2 Å². The van der Waals surface area contributed by atoms with Gasteiger partial charge < -0.3 is 14.5 Å². The summed E-state index contributed by atoms with van der Waals surface area (Å²) in [5.74, 6) is 0. The van der Waals surface area contributed by atoms with Gasteiger partial charge in [0.2, 0.25) is 0 Å². The van der Waals surface area contributed by atoms with Gasteiger partial charge in [0.1, 0.15) is 5.52 Å². The van der Waals surface area contributed by atoms with E-state index in [-0.39, 0.29) is 0 Å². The van der Waals surface area contributed by atoms with Crippen molar-refractivity contribution < 1.29 is 9.15 Å². The van der Waals surface area contributed by atoms with E-state index in [1.165, 1.54) is 0 Å². The lowest BCUT2D eigenvalue weighted by Gasteiger charge is -2.32. The Bertz CT molecular complexity index is 501. The number of aromatic nitrogens is 1. The molecular formula is C14H19N3O2. The zero-order valence-corrected chi connectivity index (χ0v) is 11.1. The van der Waals surface area contributed by atoms with Crippen LogP contribution in [0.25, 0.3) is 11.1 Å². The number of hydrogen-bond donors (Lipinski definition) is 1. The number of nitrogens with one attached hydrogen (secondary N) is 1. The Balaban J connectivity index is 1.58. The third-order valence-corrected chi connectivity index (χ3v) is 3.51. The fourth-order valence-electron chi connectivity index (χ4n) is 2.33. The number of hydrogen-bond acceptors (Lipinski definition) is 5. The highest BCUT2D eigenvalue weighted by molar-refractivity contribution is 5.74. The van der Waals surface area contributed by atoms with E-state index in [4.69, 9.17) is 9.15 Å². The number of morpholine rings is 1. The van der Waals surface area contributed by atoms with Gasteiger partial charge in [-0.25, -0.2) is 0 Å². The van der Waals surface area contributed by atoms with Crippen LogP contribution in [0.5, 0.6) is 0 Å². The van der Waals surface area contributed by atoms with Crippen molar-refractivity contribution in [1.82, 2.24) is 9.88 Å². The lowest BCUT2D eigenvalue weighted by atomic mass is 10.2. The van der Waals surface area contributed by atoms with Crippen molar-refractivity contribution in [3.05, 3.63) is 24.3 Å². The minimum atomic E-state index is 0.443. The standard InChI is InChI=1S/C14H19N3O2/c1-11(17-6-8-18-9-7-17)10-15-14-16-12-4-2-3-5-13(12)19-14/h2-5,11H,6-10H2,1H3,(H,15,16)/t11-/m1/s1. The molecule has 0 radical (unpaired) electrons. The first-order chi connectivity index (χ1) is 9.33. The van der Waals surface area contributed by atoms with Gasteiger partial charge in [-0.1, -0.05) is 12.1 Å². The molecule has 1 aliphatic rings. The van der Waals surface area contributed by atoms with E-state index in [0.29, 0.717) is 12.1 Å². The van der Waals surface area contributed by atoms with E-state index in [1.54, 1.807) is 0 Å². The van der Waals surface area contributed by atoms with Crippen LogP contribution in [0, 0.1) is 0 Å². The predicted octanol–water partition coefficient (Wildman–Crippen LogP) is 1.96. The first-order valence-electron chi connectivity index (χ1n) is 6.74. The van der Waals surface area contributed by atoms with Crippen LogP contribution >= 0.6 is 0 Å². The average Bonchev–Trinajstić information content (AvgIpc) is 2.88. The van der Waals surface area contributed by atoms with Crippen LogP contribution < -0.4 is 5.32 Å². The van der Waals surface area contributed by atoms with E-state index in [9.17, 15) is 0 Å². The second kappa shape index (κ2) is 5.59. The van der Waals surface area contributed by atoms with Crippen LogP contribution in [0.3, 0.4) is 0 Å². The highest BCUT2D eigenvalue weighted by Gasteiger charge is 2.17. The van der Waals surface area contributed by atoms with Gasteiger partial charge in [0.25, 0.3) is 6.01 Å². The maximum Gasteiger partial charge on any atom is 0.295 e. The summed E-state index contributed by atoms with van der Waals surface area (Å²) >= 11 is 0. The van der Waals surface area contributed by atoms with Gasteiger partial charge >= 0.3 is 0 Å². The molecular weight excluding hydrogens is 242 g/mol. The molecule has 0 spiro atoms. The number of fused-ring (bicyclic) bond motifs is 1. The summed E-state index contributed by atoms with van der Waals surface area (Å²) in [7, 11) is 0. The van der Waals surface area contributed by atoms with Gasteiger partial charge in [0, 0.05) is 25.7 Å². The first-order valence-corrected chi connectivity index (χ1v) is 6.74. The topological polar surface area (TPSA) is 50.5 Å². The third-order valence-electron chi connectivity index (χ3n) is 3.51. The molecule has 0 saturated carbocycles. The van der Waals surface area contributed by atoms with Crippen LogP contribution in [-0.2, 0) is 4.74 Å². The minimum absolute atomic E-state index is 0.443. The van der Waals surface area contributed by atoms with Crippen molar-refractivity contribution in [3.63, 3.8) is 0 Å². The first kappa shape index (κ1) is 12.4. The summed E-state index contributed by atoms with van der Waals surface area (Å²) in [5, 5.41) is 3.27. The van der Waals surface area contributed by atoms with Crippen LogP contribution in [0.15, 0.2) is 28.7 Å². The van der Waals surface area contributed by atoms with Gasteiger partial charge in [-0.2, -0.15) is 4.98 Å². The Morgan fingerprint density at radius 3 is 2.89 bits per heavy atom. The molecule has 0 unspecified atom stereocenters. The molecule has 19 heavy (non-hydrogen) atoms. The normalized spacial score (nSPS) is 18.6. The number of nitrogens with zero attached hydrogens (tertiary/aromatic N) is 2. The molecule has 5 heteroatoms. The van der Waals surface area contributed by atoms with Crippen molar-refractivity contribution >= 4 is 17.1 Å². The Labute approximate surface area is 112 Å². The molecule has 1 aromatic heterocycles. The quantitative estimate of drug-likeness (QED) is 0.911. The maximum absolute atomic E-state index is 5.64. The van der Waals surface area contributed by atoms with Crippen molar-refractivity contribution in [2.45, 2.75) is 13.0 Å². The molecule has 1 fully saturated rings. The fraction of sp³-hybridized carbons (Fsp3) is 0.500. The number of rotatable bonds is 4. The zero-order chi connectivity index (χ0) is 13.1. The number of benzene rings is 1. The molecule has 3 rings (SSSR count). The molecule has 1 aliphatic heterocycles. The second-order valence-electron chi connectivity index (χ2n) is 4.87. The molecule has 0 amide bonds. The highest BCUT2D eigenvalue weighted by Crippen LogP contribution is 2.18. The summed E-state index contributed by atoms with van der Waals surface area (Å²) in [5.41, 5.74) is 1.72. The third kappa shape index (κ3) is 2.88. The highest BCUT2D eigenvalue weighted by atomic mass is 16.5. The summed E-state index contributed by atoms with van der Waals surface area (Å²) in [4.78, 5) is 6.82. The number of ether oxygens (including phenoxy) is 1. The number of oxazole rings is 1. The molecule has 0 aliphatic carbocycles. The average molecular weight is 261 g/mol. The van der Waals surface area contributed by atoms with Crippen molar-refractivity contribution in [1.29, 1.82) is 0 Å². The molecule has 1 N–H and O–H groups in total. The van der Waals surface area contributed by atoms with E-state index in [0.717, 1.165) is 43.9 Å². The summed E-state index contributed by atoms with van der Waals surface area (Å²) in [6, 6.07) is 8.84. The molecule has 1 atom stereocenters. The van der Waals surface area contributed by atoms with Gasteiger partial charge in [-0.05, 0) is 19.1 Å². The lowest BCUT2D eigenvalue weighted by molar-refractivity contribution is 0.0226. The Kier molecular flexibility index (Phi) is 3.66. The van der Waals surface area contributed by atoms with Crippen molar-refractivity contribution in [3.8, 4) is 0 Å². The number of anilines is 1. The van der Waals surface area contributed by atoms with Gasteiger partial charge in [0.05, 0.1) is 13.2 Å². The SMILES string of the molecule is C[C@H](CNc1nc2ccccc2o1)N1CCOCC1. The molecule has 5 nitrogen and oxygen atoms in total. The van der Waals surface area contributed by atoms with Crippen LogP contribution in [0.4, 0.5) is 6.01 Å². The second-order valence-corrected chi connectivity index (χ2v) is 4.87. The summed E-state index contributed by atoms with van der Waals surface area (Å²) in [6.45, 7) is 6.68. The molecule has 0 bridgehead atoms. The molecule has 1 saturated heterocycles. The van der Waals surface area contributed by atoms with Crippen LogP contribution in [0.2, 0.25) is 0 Å². The van der Waals surface area contributed by atoms with Gasteiger partial charge in [0.15, 0.2) is 5.58 Å². The summed E-state index contributed by atoms with van der Waals surface area (Å²) in [6.07, 6.45) is 0. The lowest BCUT2D eigenvalue weighted by Crippen LogP contribution is -2.45. The maximum atomic E-state index is 5.64. The largest absolute Gasteiger partial charge is 0.424 e. The van der Waals surface area contributed by atoms with Gasteiger partial charge in [-0.3, -0.25) is 4.90 Å². The van der Waals surface area contributed by atoms with Crippen LogP contribution in [0.1, 0.15) is 6.92 Å². The molecule has 2 aromatic rings. The molecule has 102 valence electrons. The predicted molar refractivity (Wildman–Crippen MR) is 74.4 cm³/mol. The minimum Gasteiger partial charge on any atom is -0.424 e. The zero-order valence-electron chi connectivity index (χ0n) is 11.1. The molecule has 1 aromatic carbocycles. The number of para-hydroxylation sites is 2. The fourth-order valence-corrected chi connectivity index (χ4v) is 2.33. The molecule has 2 heterocycles.